The van der Waals surface area contributed by atoms with Gasteiger partial charge < -0.3 is 9.88 Å². The van der Waals surface area contributed by atoms with Crippen LogP contribution in [0.15, 0.2) is 48.9 Å². The highest BCUT2D eigenvalue weighted by molar-refractivity contribution is 5.76. The van der Waals surface area contributed by atoms with Gasteiger partial charge in [0.25, 0.3) is 0 Å². The molecule has 1 atom stereocenters. The Labute approximate surface area is 152 Å². The van der Waals surface area contributed by atoms with Gasteiger partial charge >= 0.3 is 0 Å². The molecular formula is C20H23N5O. The Balaban J connectivity index is 1.29. The molecule has 1 aromatic carbocycles. The molecule has 3 heterocycles. The number of amides is 1. The summed E-state index contributed by atoms with van der Waals surface area (Å²) in [6.45, 7) is 2.82. The average Bonchev–Trinajstić information content (AvgIpc) is 3.26. The molecule has 0 bridgehead atoms. The van der Waals surface area contributed by atoms with E-state index in [1.165, 1.54) is 0 Å². The molecule has 6 heteroatoms. The van der Waals surface area contributed by atoms with Crippen molar-refractivity contribution in [2.75, 3.05) is 0 Å². The summed E-state index contributed by atoms with van der Waals surface area (Å²) in [4.78, 5) is 16.8. The lowest BCUT2D eigenvalue weighted by molar-refractivity contribution is -0.122. The Morgan fingerprint density at radius 3 is 2.96 bits per heavy atom. The highest BCUT2D eigenvalue weighted by Crippen LogP contribution is 2.15. The first-order chi connectivity index (χ1) is 12.7. The molecule has 0 aliphatic carbocycles. The van der Waals surface area contributed by atoms with Crippen molar-refractivity contribution in [1.29, 1.82) is 0 Å². The Morgan fingerprint density at radius 1 is 1.27 bits per heavy atom. The number of carbonyl (C=O) groups excluding carboxylic acids is 1. The Hall–Kier alpha value is -2.89. The van der Waals surface area contributed by atoms with Crippen molar-refractivity contribution < 1.29 is 4.79 Å². The maximum absolute atomic E-state index is 12.3. The molecule has 0 fully saturated rings. The molecule has 2 aromatic heterocycles. The Bertz CT molecular complexity index is 896. The van der Waals surface area contributed by atoms with Crippen LogP contribution in [0.4, 0.5) is 0 Å². The second-order valence-electron chi connectivity index (χ2n) is 6.88. The summed E-state index contributed by atoms with van der Waals surface area (Å²) in [7, 11) is 0. The van der Waals surface area contributed by atoms with Crippen molar-refractivity contribution in [1.82, 2.24) is 24.6 Å². The predicted molar refractivity (Wildman–Crippen MR) is 99.1 cm³/mol. The minimum Gasteiger partial charge on any atom is -0.352 e. The zero-order valence-corrected chi connectivity index (χ0v) is 14.9. The molecule has 1 amide bonds. The average molecular weight is 349 g/mol. The SMILES string of the molecule is Cc1cn2c(n1)CC[C@H](NC(=O)CCc1cnn(-c3ccccc3)c1)C2. The first-order valence-electron chi connectivity index (χ1n) is 9.08. The molecule has 3 aromatic rings. The summed E-state index contributed by atoms with van der Waals surface area (Å²) in [5.74, 6) is 1.23. The molecule has 134 valence electrons. The topological polar surface area (TPSA) is 64.7 Å². The number of imidazole rings is 1. The quantitative estimate of drug-likeness (QED) is 0.769. The van der Waals surface area contributed by atoms with Gasteiger partial charge in [-0.05, 0) is 37.5 Å². The molecule has 0 radical (unpaired) electrons. The standard InChI is InChI=1S/C20H23N5O/c1-15-12-24-14-17(8-9-19(24)22-15)23-20(26)10-7-16-11-21-25(13-16)18-5-3-2-4-6-18/h2-6,11-13,17H,7-10,14H2,1H3,(H,23,26)/t17-/m0/s1. The normalized spacial score (nSPS) is 16.3. The number of para-hydroxylation sites is 1. The maximum atomic E-state index is 12.3. The van der Waals surface area contributed by atoms with Crippen LogP contribution in [-0.4, -0.2) is 31.3 Å². The highest BCUT2D eigenvalue weighted by Gasteiger charge is 2.21. The molecule has 26 heavy (non-hydrogen) atoms. The minimum absolute atomic E-state index is 0.0998. The van der Waals surface area contributed by atoms with E-state index in [-0.39, 0.29) is 11.9 Å². The lowest BCUT2D eigenvalue weighted by Gasteiger charge is -2.24. The van der Waals surface area contributed by atoms with Gasteiger partial charge in [-0.2, -0.15) is 5.10 Å². The van der Waals surface area contributed by atoms with Gasteiger partial charge in [0.2, 0.25) is 5.91 Å². The zero-order chi connectivity index (χ0) is 17.9. The van der Waals surface area contributed by atoms with Gasteiger partial charge in [-0.25, -0.2) is 9.67 Å². The van der Waals surface area contributed by atoms with Gasteiger partial charge in [0.1, 0.15) is 5.82 Å². The predicted octanol–water partition coefficient (Wildman–Crippen LogP) is 2.44. The van der Waals surface area contributed by atoms with Crippen molar-refractivity contribution in [3.8, 4) is 5.69 Å². The number of hydrogen-bond acceptors (Lipinski definition) is 3. The number of aryl methyl sites for hydroxylation is 3. The van der Waals surface area contributed by atoms with E-state index in [2.05, 4.69) is 26.2 Å². The third-order valence-corrected chi connectivity index (χ3v) is 4.78. The number of rotatable bonds is 5. The van der Waals surface area contributed by atoms with E-state index in [4.69, 9.17) is 0 Å². The number of nitrogens with zero attached hydrogens (tertiary/aromatic N) is 4. The van der Waals surface area contributed by atoms with E-state index in [1.54, 1.807) is 0 Å². The second kappa shape index (κ2) is 7.15. The zero-order valence-electron chi connectivity index (χ0n) is 14.9. The van der Waals surface area contributed by atoms with Crippen LogP contribution in [0, 0.1) is 6.92 Å². The van der Waals surface area contributed by atoms with E-state index < -0.39 is 0 Å². The summed E-state index contributed by atoms with van der Waals surface area (Å²) in [5.41, 5.74) is 3.14. The van der Waals surface area contributed by atoms with Crippen molar-refractivity contribution >= 4 is 5.91 Å². The van der Waals surface area contributed by atoms with Gasteiger partial charge in [-0.3, -0.25) is 4.79 Å². The van der Waals surface area contributed by atoms with Crippen molar-refractivity contribution in [3.63, 3.8) is 0 Å². The number of aromatic nitrogens is 4. The highest BCUT2D eigenvalue weighted by atomic mass is 16.1. The monoisotopic (exact) mass is 349 g/mol. The van der Waals surface area contributed by atoms with Gasteiger partial charge in [0.15, 0.2) is 0 Å². The van der Waals surface area contributed by atoms with Crippen molar-refractivity contribution in [2.45, 2.75) is 45.2 Å². The molecule has 4 rings (SSSR count). The molecule has 1 N–H and O–H groups in total. The smallest absolute Gasteiger partial charge is 0.220 e. The van der Waals surface area contributed by atoms with Gasteiger partial charge in [-0.1, -0.05) is 18.2 Å². The fraction of sp³-hybridized carbons (Fsp3) is 0.350. The molecular weight excluding hydrogens is 326 g/mol. The molecule has 6 nitrogen and oxygen atoms in total. The number of carbonyl (C=O) groups is 1. The largest absolute Gasteiger partial charge is 0.352 e. The maximum Gasteiger partial charge on any atom is 0.220 e. The van der Waals surface area contributed by atoms with E-state index in [1.807, 2.05) is 54.3 Å². The van der Waals surface area contributed by atoms with E-state index >= 15 is 0 Å². The Kier molecular flexibility index (Phi) is 4.56. The number of nitrogens with one attached hydrogen (secondary N) is 1. The van der Waals surface area contributed by atoms with Crippen LogP contribution in [0.25, 0.3) is 5.69 Å². The molecule has 1 aliphatic rings. The minimum atomic E-state index is 0.0998. The summed E-state index contributed by atoms with van der Waals surface area (Å²) in [5, 5.41) is 7.55. The lowest BCUT2D eigenvalue weighted by Crippen LogP contribution is -2.40. The number of benzene rings is 1. The molecule has 0 saturated heterocycles. The van der Waals surface area contributed by atoms with Crippen LogP contribution in [0.3, 0.4) is 0 Å². The van der Waals surface area contributed by atoms with Gasteiger partial charge in [-0.15, -0.1) is 0 Å². The fourth-order valence-electron chi connectivity index (χ4n) is 3.47. The van der Waals surface area contributed by atoms with Gasteiger partial charge in [0.05, 0.1) is 17.6 Å². The third-order valence-electron chi connectivity index (χ3n) is 4.78. The van der Waals surface area contributed by atoms with Crippen molar-refractivity contribution in [2.24, 2.45) is 0 Å². The second-order valence-corrected chi connectivity index (χ2v) is 6.88. The lowest BCUT2D eigenvalue weighted by atomic mass is 10.1. The summed E-state index contributed by atoms with van der Waals surface area (Å²) >= 11 is 0. The first kappa shape index (κ1) is 16.6. The summed E-state index contributed by atoms with van der Waals surface area (Å²) in [6.07, 6.45) is 8.93. The van der Waals surface area contributed by atoms with E-state index in [0.29, 0.717) is 12.8 Å². The van der Waals surface area contributed by atoms with Gasteiger partial charge in [0, 0.05) is 37.8 Å². The molecule has 1 aliphatic heterocycles. The number of hydrogen-bond donors (Lipinski definition) is 1. The van der Waals surface area contributed by atoms with Crippen LogP contribution >= 0.6 is 0 Å². The van der Waals surface area contributed by atoms with Crippen LogP contribution < -0.4 is 5.32 Å². The molecule has 0 saturated carbocycles. The molecule has 0 unspecified atom stereocenters. The van der Waals surface area contributed by atoms with Crippen LogP contribution in [0.5, 0.6) is 0 Å². The van der Waals surface area contributed by atoms with E-state index in [9.17, 15) is 4.79 Å². The summed E-state index contributed by atoms with van der Waals surface area (Å²) in [6, 6.07) is 10.2. The van der Waals surface area contributed by atoms with Crippen LogP contribution in [0.2, 0.25) is 0 Å². The summed E-state index contributed by atoms with van der Waals surface area (Å²) < 4.78 is 4.00. The van der Waals surface area contributed by atoms with Crippen LogP contribution in [-0.2, 0) is 24.2 Å². The number of fused-ring (bicyclic) bond motifs is 1. The fourth-order valence-corrected chi connectivity index (χ4v) is 3.47. The third kappa shape index (κ3) is 3.69. The molecule has 0 spiro atoms. The Morgan fingerprint density at radius 2 is 2.12 bits per heavy atom. The van der Waals surface area contributed by atoms with E-state index in [0.717, 1.165) is 42.2 Å². The van der Waals surface area contributed by atoms with Crippen molar-refractivity contribution in [3.05, 3.63) is 66.0 Å². The first-order valence-corrected chi connectivity index (χ1v) is 9.08. The van der Waals surface area contributed by atoms with Crippen LogP contribution in [0.1, 0.15) is 29.9 Å².